The molecule has 0 saturated heterocycles. The van der Waals surface area contributed by atoms with Gasteiger partial charge in [-0.25, -0.2) is 4.68 Å². The Kier molecular flexibility index (Phi) is 6.48. The molecule has 3 heterocycles. The molecule has 0 unspecified atom stereocenters. The van der Waals surface area contributed by atoms with E-state index in [-0.39, 0.29) is 35.4 Å². The number of aromatic nitrogens is 2. The van der Waals surface area contributed by atoms with Crippen LogP contribution in [0, 0.1) is 0 Å². The number of benzene rings is 2. The molecule has 4 aromatic rings. The van der Waals surface area contributed by atoms with Crippen LogP contribution < -0.4 is 15.0 Å². The van der Waals surface area contributed by atoms with E-state index in [0.29, 0.717) is 5.82 Å². The Balaban J connectivity index is 1.58. The molecule has 0 bridgehead atoms. The largest absolute Gasteiger partial charge is 0.497 e. The van der Waals surface area contributed by atoms with Crippen LogP contribution in [0.15, 0.2) is 72.1 Å². The van der Waals surface area contributed by atoms with Gasteiger partial charge in [0.15, 0.2) is 0 Å². The number of fused-ring (bicyclic) bond motifs is 1. The van der Waals surface area contributed by atoms with Crippen LogP contribution in [0.5, 0.6) is 5.75 Å². The van der Waals surface area contributed by atoms with Gasteiger partial charge >= 0.3 is 0 Å². The van der Waals surface area contributed by atoms with E-state index in [0.717, 1.165) is 46.0 Å². The maximum absolute atomic E-state index is 13.6. The number of nitrogens with zero attached hydrogens (tertiary/aromatic N) is 3. The standard InChI is InChI=1S/C28H26N4O3S2/c1-35-21-13-11-20(12-14-21)32-28-25(26(30-32)18-6-3-2-4-7-18)27(22-8-5-15-36-22)37-17-24(34)31(28)16-23(33)29-19-9-10-19/h2-8,11-15,19,27H,9-10,16-17H2,1H3,(H,29,33)/t27-/m0/s1. The number of hydrogen-bond donors (Lipinski definition) is 1. The van der Waals surface area contributed by atoms with Crippen molar-refractivity contribution >= 4 is 40.7 Å². The Morgan fingerprint density at radius 1 is 1.08 bits per heavy atom. The fourth-order valence-corrected chi connectivity index (χ4v) is 6.72. The third kappa shape index (κ3) is 4.76. The number of thiophene rings is 1. The number of carbonyl (C=O) groups is 2. The van der Waals surface area contributed by atoms with Crippen molar-refractivity contribution in [3.63, 3.8) is 0 Å². The minimum Gasteiger partial charge on any atom is -0.497 e. The fraction of sp³-hybridized carbons (Fsp3) is 0.250. The Labute approximate surface area is 223 Å². The summed E-state index contributed by atoms with van der Waals surface area (Å²) in [4.78, 5) is 29.4. The van der Waals surface area contributed by atoms with Crippen molar-refractivity contribution in [2.24, 2.45) is 0 Å². The highest BCUT2D eigenvalue weighted by Crippen LogP contribution is 2.49. The number of methoxy groups -OCH3 is 1. The molecule has 37 heavy (non-hydrogen) atoms. The molecule has 2 aromatic heterocycles. The van der Waals surface area contributed by atoms with E-state index in [1.165, 1.54) is 0 Å². The Morgan fingerprint density at radius 3 is 2.54 bits per heavy atom. The maximum Gasteiger partial charge on any atom is 0.240 e. The minimum atomic E-state index is -0.148. The van der Waals surface area contributed by atoms with E-state index >= 15 is 0 Å². The van der Waals surface area contributed by atoms with Gasteiger partial charge in [0.25, 0.3) is 0 Å². The summed E-state index contributed by atoms with van der Waals surface area (Å²) < 4.78 is 7.17. The van der Waals surface area contributed by atoms with Gasteiger partial charge in [-0.2, -0.15) is 5.10 Å². The van der Waals surface area contributed by atoms with Gasteiger partial charge in [0.1, 0.15) is 18.1 Å². The number of nitrogens with one attached hydrogen (secondary N) is 1. The smallest absolute Gasteiger partial charge is 0.240 e. The van der Waals surface area contributed by atoms with E-state index in [9.17, 15) is 9.59 Å². The van der Waals surface area contributed by atoms with E-state index in [1.807, 2.05) is 65.3 Å². The van der Waals surface area contributed by atoms with Crippen molar-refractivity contribution in [2.45, 2.75) is 24.1 Å². The zero-order valence-corrected chi connectivity index (χ0v) is 21.9. The zero-order chi connectivity index (χ0) is 25.4. The molecule has 1 aliphatic carbocycles. The molecule has 1 saturated carbocycles. The van der Waals surface area contributed by atoms with E-state index in [2.05, 4.69) is 16.8 Å². The summed E-state index contributed by atoms with van der Waals surface area (Å²) >= 11 is 3.25. The van der Waals surface area contributed by atoms with Crippen LogP contribution in [-0.2, 0) is 9.59 Å². The van der Waals surface area contributed by atoms with Crippen molar-refractivity contribution in [1.82, 2.24) is 15.1 Å². The van der Waals surface area contributed by atoms with Gasteiger partial charge in [-0.3, -0.25) is 14.5 Å². The summed E-state index contributed by atoms with van der Waals surface area (Å²) in [5, 5.41) is 10.1. The lowest BCUT2D eigenvalue weighted by Crippen LogP contribution is -2.43. The second-order valence-electron chi connectivity index (χ2n) is 9.09. The molecular formula is C28H26N4O3S2. The number of ether oxygens (including phenoxy) is 1. The lowest BCUT2D eigenvalue weighted by atomic mass is 10.0. The molecule has 1 atom stereocenters. The average Bonchev–Trinajstić information content (AvgIpc) is 3.45. The highest BCUT2D eigenvalue weighted by Gasteiger charge is 2.38. The first-order valence-electron chi connectivity index (χ1n) is 12.2. The average molecular weight is 531 g/mol. The molecule has 9 heteroatoms. The first-order valence-corrected chi connectivity index (χ1v) is 14.1. The van der Waals surface area contributed by atoms with Crippen LogP contribution in [0.2, 0.25) is 0 Å². The van der Waals surface area contributed by atoms with Crippen molar-refractivity contribution in [3.8, 4) is 22.7 Å². The predicted octanol–water partition coefficient (Wildman–Crippen LogP) is 5.06. The second kappa shape index (κ2) is 10.1. The molecule has 0 spiro atoms. The number of thioether (sulfide) groups is 1. The van der Waals surface area contributed by atoms with Crippen LogP contribution >= 0.6 is 23.1 Å². The molecule has 2 amide bonds. The first kappa shape index (κ1) is 23.8. The molecule has 188 valence electrons. The number of rotatable bonds is 7. The van der Waals surface area contributed by atoms with Crippen LogP contribution in [-0.4, -0.2) is 47.0 Å². The van der Waals surface area contributed by atoms with E-state index in [4.69, 9.17) is 9.84 Å². The Morgan fingerprint density at radius 2 is 1.86 bits per heavy atom. The molecule has 6 rings (SSSR count). The van der Waals surface area contributed by atoms with Crippen LogP contribution in [0.25, 0.3) is 16.9 Å². The van der Waals surface area contributed by atoms with E-state index < -0.39 is 0 Å². The molecular weight excluding hydrogens is 504 g/mol. The number of anilines is 1. The summed E-state index contributed by atoms with van der Waals surface area (Å²) in [7, 11) is 1.63. The van der Waals surface area contributed by atoms with Gasteiger partial charge in [0.2, 0.25) is 11.8 Å². The molecule has 2 aliphatic rings. The quantitative estimate of drug-likeness (QED) is 0.362. The van der Waals surface area contributed by atoms with Crippen molar-refractivity contribution in [1.29, 1.82) is 0 Å². The van der Waals surface area contributed by atoms with Gasteiger partial charge in [-0.1, -0.05) is 36.4 Å². The van der Waals surface area contributed by atoms with Crippen molar-refractivity contribution in [3.05, 3.63) is 82.6 Å². The summed E-state index contributed by atoms with van der Waals surface area (Å²) in [5.74, 6) is 1.39. The molecule has 1 N–H and O–H groups in total. The molecule has 0 radical (unpaired) electrons. The SMILES string of the molecule is COc1ccc(-n2nc(-c3ccccc3)c3c2N(CC(=O)NC2CC2)C(=O)CS[C@H]3c2cccs2)cc1. The van der Waals surface area contributed by atoms with Crippen molar-refractivity contribution < 1.29 is 14.3 Å². The van der Waals surface area contributed by atoms with Gasteiger partial charge in [-0.05, 0) is 48.6 Å². The third-order valence-corrected chi connectivity index (χ3v) is 8.82. The van der Waals surface area contributed by atoms with Gasteiger partial charge in [0, 0.05) is 22.0 Å². The Hall–Kier alpha value is -3.56. The van der Waals surface area contributed by atoms with E-state index in [1.54, 1.807) is 35.1 Å². The summed E-state index contributed by atoms with van der Waals surface area (Å²) in [5.41, 5.74) is 3.50. The summed E-state index contributed by atoms with van der Waals surface area (Å²) in [6.07, 6.45) is 1.98. The Bertz CT molecular complexity index is 1410. The fourth-order valence-electron chi connectivity index (χ4n) is 4.54. The van der Waals surface area contributed by atoms with Crippen LogP contribution in [0.4, 0.5) is 5.82 Å². The van der Waals surface area contributed by atoms with Gasteiger partial charge in [0.05, 0.1) is 29.5 Å². The zero-order valence-electron chi connectivity index (χ0n) is 20.3. The topological polar surface area (TPSA) is 76.5 Å². The summed E-state index contributed by atoms with van der Waals surface area (Å²) in [6.45, 7) is -0.0455. The van der Waals surface area contributed by atoms with Crippen molar-refractivity contribution in [2.75, 3.05) is 24.3 Å². The number of amides is 2. The third-order valence-electron chi connectivity index (χ3n) is 6.50. The predicted molar refractivity (Wildman–Crippen MR) is 148 cm³/mol. The normalized spacial score (nSPS) is 17.3. The lowest BCUT2D eigenvalue weighted by Gasteiger charge is -2.23. The summed E-state index contributed by atoms with van der Waals surface area (Å²) in [6, 6.07) is 22.0. The highest BCUT2D eigenvalue weighted by molar-refractivity contribution is 8.00. The molecule has 1 aliphatic heterocycles. The second-order valence-corrected chi connectivity index (χ2v) is 11.2. The first-order chi connectivity index (χ1) is 18.1. The molecule has 1 fully saturated rings. The van der Waals surface area contributed by atoms with Gasteiger partial charge < -0.3 is 10.1 Å². The lowest BCUT2D eigenvalue weighted by molar-refractivity contribution is -0.123. The maximum atomic E-state index is 13.6. The molecule has 2 aromatic carbocycles. The number of hydrogen-bond acceptors (Lipinski definition) is 6. The van der Waals surface area contributed by atoms with Crippen LogP contribution in [0.1, 0.15) is 28.5 Å². The monoisotopic (exact) mass is 530 g/mol. The molecule has 7 nitrogen and oxygen atoms in total. The van der Waals surface area contributed by atoms with Gasteiger partial charge in [-0.15, -0.1) is 23.1 Å². The van der Waals surface area contributed by atoms with Crippen LogP contribution in [0.3, 0.4) is 0 Å². The number of carbonyl (C=O) groups excluding carboxylic acids is 2. The highest BCUT2D eigenvalue weighted by atomic mass is 32.2. The minimum absolute atomic E-state index is 0.0455.